The van der Waals surface area contributed by atoms with E-state index in [0.29, 0.717) is 11.7 Å². The lowest BCUT2D eigenvalue weighted by Crippen LogP contribution is -2.19. The Bertz CT molecular complexity index is 748. The Morgan fingerprint density at radius 3 is 2.92 bits per heavy atom. The highest BCUT2D eigenvalue weighted by Crippen LogP contribution is 2.26. The Hall–Kier alpha value is -2.36. The van der Waals surface area contributed by atoms with Crippen LogP contribution >= 0.6 is 11.8 Å². The minimum Gasteiger partial charge on any atom is -0.433 e. The number of hydrogen-bond acceptors (Lipinski definition) is 5. The number of benzene rings is 1. The van der Waals surface area contributed by atoms with Gasteiger partial charge in [0.1, 0.15) is 5.75 Å². The average molecular weight is 358 g/mol. The summed E-state index contributed by atoms with van der Waals surface area (Å²) in [4.78, 5) is 23.6. The topological polar surface area (TPSA) is 89.0 Å². The molecule has 2 rings (SSSR count). The molecule has 0 atom stereocenters. The first-order valence-electron chi connectivity index (χ1n) is 7.13. The third kappa shape index (κ3) is 4.82. The van der Waals surface area contributed by atoms with Crippen LogP contribution < -0.4 is 15.7 Å². The number of aromatic nitrogens is 3. The van der Waals surface area contributed by atoms with E-state index in [2.05, 4.69) is 20.3 Å². The Morgan fingerprint density at radius 1 is 1.46 bits per heavy atom. The predicted octanol–water partition coefficient (Wildman–Crippen LogP) is 2.31. The summed E-state index contributed by atoms with van der Waals surface area (Å²) in [5.74, 6) is -0.575. The summed E-state index contributed by atoms with van der Waals surface area (Å²) in [6.07, 6.45) is 0.748. The zero-order valence-electron chi connectivity index (χ0n) is 12.8. The quantitative estimate of drug-likeness (QED) is 0.707. The minimum absolute atomic E-state index is 0.0307. The lowest BCUT2D eigenvalue weighted by atomic mass is 10.3. The highest BCUT2D eigenvalue weighted by atomic mass is 32.2. The van der Waals surface area contributed by atoms with E-state index in [9.17, 15) is 18.4 Å². The van der Waals surface area contributed by atoms with E-state index in [1.807, 2.05) is 6.92 Å². The molecule has 0 radical (unpaired) electrons. The summed E-state index contributed by atoms with van der Waals surface area (Å²) in [5.41, 5.74) is -0.188. The van der Waals surface area contributed by atoms with Crippen LogP contribution in [0.4, 0.5) is 14.5 Å². The zero-order chi connectivity index (χ0) is 17.5. The van der Waals surface area contributed by atoms with Crippen LogP contribution in [0, 0.1) is 0 Å². The number of H-pyrrole nitrogens is 1. The molecule has 1 aromatic carbocycles. The van der Waals surface area contributed by atoms with E-state index in [1.54, 1.807) is 6.07 Å². The van der Waals surface area contributed by atoms with E-state index in [1.165, 1.54) is 22.8 Å². The van der Waals surface area contributed by atoms with Crippen LogP contribution in [0.5, 0.6) is 5.75 Å². The normalized spacial score (nSPS) is 10.8. The van der Waals surface area contributed by atoms with Crippen LogP contribution in [0.3, 0.4) is 0 Å². The molecule has 2 N–H and O–H groups in total. The minimum atomic E-state index is -2.98. The van der Waals surface area contributed by atoms with Crippen LogP contribution in [0.2, 0.25) is 0 Å². The maximum absolute atomic E-state index is 12.3. The Kier molecular flexibility index (Phi) is 6.36. The standard InChI is InChI=1S/C14H16F2N4O3S/c1-2-7-20-13(22)18-19-14(20)24-8-11(21)17-9-5-3-4-6-10(9)23-12(15)16/h3-6,12H,2,7-8H2,1H3,(H,17,21)(H,18,22). The van der Waals surface area contributed by atoms with Crippen LogP contribution in [0.25, 0.3) is 0 Å². The molecule has 0 bridgehead atoms. The molecule has 1 amide bonds. The number of rotatable bonds is 8. The number of para-hydroxylation sites is 2. The number of nitrogens with one attached hydrogen (secondary N) is 2. The molecule has 0 saturated carbocycles. The van der Waals surface area contributed by atoms with E-state index in [0.717, 1.165) is 18.2 Å². The Morgan fingerprint density at radius 2 is 2.21 bits per heavy atom. The molecular weight excluding hydrogens is 342 g/mol. The second-order valence-electron chi connectivity index (χ2n) is 4.67. The van der Waals surface area contributed by atoms with E-state index in [4.69, 9.17) is 0 Å². The fourth-order valence-electron chi connectivity index (χ4n) is 1.92. The van der Waals surface area contributed by atoms with Crippen LogP contribution in [-0.2, 0) is 11.3 Å². The second kappa shape index (κ2) is 8.48. The van der Waals surface area contributed by atoms with Gasteiger partial charge in [-0.3, -0.25) is 9.36 Å². The molecule has 0 aliphatic carbocycles. The Labute approximate surface area is 140 Å². The van der Waals surface area contributed by atoms with Crippen LogP contribution in [0.1, 0.15) is 13.3 Å². The van der Waals surface area contributed by atoms with E-state index < -0.39 is 12.5 Å². The van der Waals surface area contributed by atoms with Crippen molar-refractivity contribution in [3.63, 3.8) is 0 Å². The van der Waals surface area contributed by atoms with Gasteiger partial charge in [-0.2, -0.15) is 8.78 Å². The molecule has 0 spiro atoms. The number of carbonyl (C=O) groups excluding carboxylic acids is 1. The summed E-state index contributed by atoms with van der Waals surface area (Å²) in [7, 11) is 0. The summed E-state index contributed by atoms with van der Waals surface area (Å²) in [6, 6.07) is 5.91. The van der Waals surface area contributed by atoms with E-state index in [-0.39, 0.29) is 22.9 Å². The number of nitrogens with zero attached hydrogens (tertiary/aromatic N) is 2. The molecule has 1 heterocycles. The van der Waals surface area contributed by atoms with Gasteiger partial charge < -0.3 is 10.1 Å². The average Bonchev–Trinajstić information content (AvgIpc) is 2.88. The van der Waals surface area contributed by atoms with Crippen LogP contribution in [-0.4, -0.2) is 33.0 Å². The number of hydrogen-bond donors (Lipinski definition) is 2. The van der Waals surface area contributed by atoms with Gasteiger partial charge in [0.25, 0.3) is 0 Å². The number of anilines is 1. The van der Waals surface area contributed by atoms with Gasteiger partial charge in [-0.15, -0.1) is 5.10 Å². The van der Waals surface area contributed by atoms with Gasteiger partial charge >= 0.3 is 12.3 Å². The molecule has 0 fully saturated rings. The highest BCUT2D eigenvalue weighted by molar-refractivity contribution is 7.99. The lowest BCUT2D eigenvalue weighted by molar-refractivity contribution is -0.113. The molecule has 0 saturated heterocycles. The summed E-state index contributed by atoms with van der Waals surface area (Å²) < 4.78 is 30.5. The lowest BCUT2D eigenvalue weighted by Gasteiger charge is -2.11. The Balaban J connectivity index is 1.98. The zero-order valence-corrected chi connectivity index (χ0v) is 13.6. The summed E-state index contributed by atoms with van der Waals surface area (Å²) in [5, 5.41) is 9.08. The molecule has 0 aliphatic rings. The third-order valence-corrected chi connectivity index (χ3v) is 3.86. The van der Waals surface area contributed by atoms with Crippen molar-refractivity contribution in [1.29, 1.82) is 0 Å². The number of thioether (sulfide) groups is 1. The fourth-order valence-corrected chi connectivity index (χ4v) is 2.69. The molecule has 0 aliphatic heterocycles. The van der Waals surface area contributed by atoms with Crippen molar-refractivity contribution >= 4 is 23.4 Å². The summed E-state index contributed by atoms with van der Waals surface area (Å²) in [6.45, 7) is -0.574. The molecule has 0 unspecified atom stereocenters. The smallest absolute Gasteiger partial charge is 0.387 e. The van der Waals surface area contributed by atoms with Gasteiger partial charge in [0.15, 0.2) is 5.16 Å². The van der Waals surface area contributed by atoms with Crippen LogP contribution in [0.15, 0.2) is 34.2 Å². The predicted molar refractivity (Wildman–Crippen MR) is 85.6 cm³/mol. The second-order valence-corrected chi connectivity index (χ2v) is 5.62. The number of aromatic amines is 1. The van der Waals surface area contributed by atoms with Gasteiger partial charge in [-0.1, -0.05) is 30.8 Å². The molecule has 2 aromatic rings. The summed E-state index contributed by atoms with van der Waals surface area (Å²) >= 11 is 1.07. The molecule has 24 heavy (non-hydrogen) atoms. The monoisotopic (exact) mass is 358 g/mol. The van der Waals surface area contributed by atoms with Gasteiger partial charge in [0.05, 0.1) is 11.4 Å². The number of amides is 1. The first-order valence-corrected chi connectivity index (χ1v) is 8.11. The van der Waals surface area contributed by atoms with Gasteiger partial charge in [-0.05, 0) is 18.6 Å². The first kappa shape index (κ1) is 18.0. The van der Waals surface area contributed by atoms with Crippen molar-refractivity contribution in [2.75, 3.05) is 11.1 Å². The molecule has 1 aromatic heterocycles. The van der Waals surface area contributed by atoms with Crippen molar-refractivity contribution in [1.82, 2.24) is 14.8 Å². The molecule has 10 heteroatoms. The fraction of sp³-hybridized carbons (Fsp3) is 0.357. The van der Waals surface area contributed by atoms with Gasteiger partial charge in [0.2, 0.25) is 5.91 Å². The number of alkyl halides is 2. The van der Waals surface area contributed by atoms with Crippen molar-refractivity contribution in [3.05, 3.63) is 34.7 Å². The third-order valence-electron chi connectivity index (χ3n) is 2.88. The molecular formula is C14H16F2N4O3S. The highest BCUT2D eigenvalue weighted by Gasteiger charge is 2.14. The van der Waals surface area contributed by atoms with Crippen molar-refractivity contribution < 1.29 is 18.3 Å². The largest absolute Gasteiger partial charge is 0.433 e. The van der Waals surface area contributed by atoms with Crippen molar-refractivity contribution in [2.45, 2.75) is 31.7 Å². The first-order chi connectivity index (χ1) is 11.5. The van der Waals surface area contributed by atoms with Crippen molar-refractivity contribution in [2.24, 2.45) is 0 Å². The maximum atomic E-state index is 12.3. The SMILES string of the molecule is CCCn1c(SCC(=O)Nc2ccccc2OC(F)F)n[nH]c1=O. The number of carbonyl (C=O) groups is 1. The number of halogens is 2. The molecule has 130 valence electrons. The number of ether oxygens (including phenoxy) is 1. The van der Waals surface area contributed by atoms with Gasteiger partial charge in [0, 0.05) is 6.54 Å². The van der Waals surface area contributed by atoms with Crippen molar-refractivity contribution in [3.8, 4) is 5.75 Å². The molecule has 7 nitrogen and oxygen atoms in total. The maximum Gasteiger partial charge on any atom is 0.387 e. The van der Waals surface area contributed by atoms with Gasteiger partial charge in [-0.25, -0.2) is 9.89 Å². The van der Waals surface area contributed by atoms with E-state index >= 15 is 0 Å².